The second-order valence-corrected chi connectivity index (χ2v) is 7.76. The summed E-state index contributed by atoms with van der Waals surface area (Å²) in [6, 6.07) is 5.17. The van der Waals surface area contributed by atoms with Crippen molar-refractivity contribution in [1.82, 2.24) is 0 Å². The van der Waals surface area contributed by atoms with Gasteiger partial charge in [0.1, 0.15) is 7.05 Å². The smallest absolute Gasteiger partial charge is 0.201 e. The highest BCUT2D eigenvalue weighted by Crippen LogP contribution is 2.33. The summed E-state index contributed by atoms with van der Waals surface area (Å²) in [4.78, 5) is 0. The van der Waals surface area contributed by atoms with E-state index in [0.29, 0.717) is 5.92 Å². The largest absolute Gasteiger partial charge is 0.212 e. The van der Waals surface area contributed by atoms with Gasteiger partial charge in [-0.15, -0.1) is 0 Å². The van der Waals surface area contributed by atoms with Gasteiger partial charge in [-0.2, -0.15) is 0 Å². The SMILES string of the molecule is [2H]C([2H])([2H])c1cc(C)c(-c2cc(C(C)(C)C)c(C(C)C)c[n+]2C)cc1C([2H])([2H])[2H]. The molecular weight excluding hydrogens is 278 g/mol. The van der Waals surface area contributed by atoms with E-state index in [4.69, 9.17) is 8.22 Å². The van der Waals surface area contributed by atoms with E-state index >= 15 is 0 Å². The van der Waals surface area contributed by atoms with Crippen LogP contribution in [-0.4, -0.2) is 0 Å². The predicted octanol–water partition coefficient (Wildman–Crippen LogP) is 5.52. The van der Waals surface area contributed by atoms with Crippen LogP contribution in [0.1, 0.15) is 76.6 Å². The Bertz CT molecular complexity index is 915. The molecular formula is C22H32N+. The van der Waals surface area contributed by atoms with Gasteiger partial charge in [-0.25, -0.2) is 4.57 Å². The first-order valence-electron chi connectivity index (χ1n) is 11.1. The number of nitrogens with zero attached hydrogens (tertiary/aromatic N) is 1. The summed E-state index contributed by atoms with van der Waals surface area (Å²) in [5.41, 5.74) is 4.53. The molecule has 0 bridgehead atoms. The first-order valence-corrected chi connectivity index (χ1v) is 8.14. The van der Waals surface area contributed by atoms with Crippen molar-refractivity contribution >= 4 is 0 Å². The van der Waals surface area contributed by atoms with E-state index in [1.54, 1.807) is 6.07 Å². The summed E-state index contributed by atoms with van der Waals surface area (Å²) in [5, 5.41) is 0. The van der Waals surface area contributed by atoms with Crippen molar-refractivity contribution in [2.45, 2.75) is 66.6 Å². The van der Waals surface area contributed by atoms with E-state index in [0.717, 1.165) is 16.8 Å². The lowest BCUT2D eigenvalue weighted by Crippen LogP contribution is -2.34. The van der Waals surface area contributed by atoms with Crippen LogP contribution in [0.15, 0.2) is 24.4 Å². The van der Waals surface area contributed by atoms with Gasteiger partial charge in [0.05, 0.1) is 0 Å². The standard InChI is InChI=1S/C22H32N/c1-14(2)19-13-23(9)21(12-20(19)22(6,7)8)18-11-16(4)15(3)10-17(18)5/h10-14H,1-9H3/q+1/i3D3,4D3. The van der Waals surface area contributed by atoms with E-state index in [1.165, 1.54) is 17.2 Å². The highest BCUT2D eigenvalue weighted by molar-refractivity contribution is 5.64. The summed E-state index contributed by atoms with van der Waals surface area (Å²) >= 11 is 0. The van der Waals surface area contributed by atoms with Crippen LogP contribution in [0, 0.1) is 20.6 Å². The fourth-order valence-corrected chi connectivity index (χ4v) is 3.03. The van der Waals surface area contributed by atoms with Crippen LogP contribution in [0.25, 0.3) is 11.3 Å². The Morgan fingerprint density at radius 2 is 1.61 bits per heavy atom. The number of rotatable bonds is 2. The van der Waals surface area contributed by atoms with Crippen LogP contribution >= 0.6 is 0 Å². The molecule has 0 aliphatic heterocycles. The molecule has 1 nitrogen and oxygen atoms in total. The van der Waals surface area contributed by atoms with E-state index in [9.17, 15) is 0 Å². The minimum Gasteiger partial charge on any atom is -0.201 e. The topological polar surface area (TPSA) is 3.88 Å². The maximum atomic E-state index is 7.89. The van der Waals surface area contributed by atoms with E-state index in [2.05, 4.69) is 46.9 Å². The molecule has 2 aromatic rings. The number of pyridine rings is 1. The summed E-state index contributed by atoms with van der Waals surface area (Å²) in [7, 11) is 1.94. The van der Waals surface area contributed by atoms with Gasteiger partial charge in [0, 0.05) is 25.4 Å². The minimum atomic E-state index is -2.50. The Labute approximate surface area is 150 Å². The third-order valence-corrected chi connectivity index (χ3v) is 4.38. The molecule has 124 valence electrons. The van der Waals surface area contributed by atoms with Gasteiger partial charge < -0.3 is 0 Å². The predicted molar refractivity (Wildman–Crippen MR) is 100 cm³/mol. The maximum absolute atomic E-state index is 7.89. The Kier molecular flexibility index (Phi) is 2.93. The van der Waals surface area contributed by atoms with Gasteiger partial charge in [-0.05, 0) is 60.3 Å². The first-order chi connectivity index (χ1) is 12.9. The Morgan fingerprint density at radius 1 is 1.00 bits per heavy atom. The number of hydrogen-bond acceptors (Lipinski definition) is 0. The molecule has 0 saturated heterocycles. The Morgan fingerprint density at radius 3 is 2.13 bits per heavy atom. The summed E-state index contributed by atoms with van der Waals surface area (Å²) in [5.74, 6) is 0.349. The van der Waals surface area contributed by atoms with Gasteiger partial charge in [-0.1, -0.05) is 40.7 Å². The van der Waals surface area contributed by atoms with Crippen molar-refractivity contribution < 1.29 is 12.8 Å². The molecule has 2 rings (SSSR count). The molecule has 0 amide bonds. The van der Waals surface area contributed by atoms with Crippen LogP contribution in [-0.2, 0) is 12.5 Å². The molecule has 1 aromatic heterocycles. The molecule has 23 heavy (non-hydrogen) atoms. The molecule has 0 saturated carbocycles. The normalized spacial score (nSPS) is 17.0. The van der Waals surface area contributed by atoms with Crippen molar-refractivity contribution in [3.8, 4) is 11.3 Å². The van der Waals surface area contributed by atoms with Crippen LogP contribution in [0.2, 0.25) is 0 Å². The van der Waals surface area contributed by atoms with Crippen molar-refractivity contribution in [3.63, 3.8) is 0 Å². The van der Waals surface area contributed by atoms with Crippen molar-refractivity contribution in [2.75, 3.05) is 0 Å². The third-order valence-electron chi connectivity index (χ3n) is 4.38. The average molecular weight is 317 g/mol. The maximum Gasteiger partial charge on any atom is 0.212 e. The fraction of sp³-hybridized carbons (Fsp3) is 0.500. The molecule has 0 aliphatic carbocycles. The third kappa shape index (κ3) is 3.49. The lowest BCUT2D eigenvalue weighted by molar-refractivity contribution is -0.661. The highest BCUT2D eigenvalue weighted by Gasteiger charge is 2.25. The molecule has 1 heteroatoms. The lowest BCUT2D eigenvalue weighted by Gasteiger charge is -2.24. The monoisotopic (exact) mass is 316 g/mol. The van der Waals surface area contributed by atoms with Crippen LogP contribution in [0.3, 0.4) is 0 Å². The zero-order valence-electron chi connectivity index (χ0n) is 21.3. The zero-order chi connectivity index (χ0) is 22.5. The number of hydrogen-bond donors (Lipinski definition) is 0. The molecule has 0 unspecified atom stereocenters. The van der Waals surface area contributed by atoms with Gasteiger partial charge in [-0.3, -0.25) is 0 Å². The van der Waals surface area contributed by atoms with Crippen LogP contribution in [0.4, 0.5) is 0 Å². The second kappa shape index (κ2) is 6.11. The Balaban J connectivity index is 2.88. The molecule has 0 radical (unpaired) electrons. The minimum absolute atomic E-state index is 0.0813. The molecule has 0 fully saturated rings. The fourth-order valence-electron chi connectivity index (χ4n) is 3.03. The van der Waals surface area contributed by atoms with E-state index in [1.807, 2.05) is 18.5 Å². The number of benzene rings is 1. The molecule has 0 N–H and O–H groups in total. The highest BCUT2D eigenvalue weighted by atomic mass is 14.9. The molecule has 0 atom stereocenters. The van der Waals surface area contributed by atoms with Gasteiger partial charge in [0.25, 0.3) is 0 Å². The van der Waals surface area contributed by atoms with Gasteiger partial charge in [0.2, 0.25) is 5.69 Å². The molecule has 1 aromatic carbocycles. The van der Waals surface area contributed by atoms with Crippen molar-refractivity contribution in [1.29, 1.82) is 0 Å². The zero-order valence-corrected chi connectivity index (χ0v) is 15.3. The summed E-state index contributed by atoms with van der Waals surface area (Å²) in [6.45, 7) is 7.66. The second-order valence-electron chi connectivity index (χ2n) is 7.76. The van der Waals surface area contributed by atoms with E-state index < -0.39 is 13.7 Å². The molecule has 1 heterocycles. The van der Waals surface area contributed by atoms with Crippen LogP contribution < -0.4 is 4.57 Å². The number of aryl methyl sites for hydroxylation is 4. The quantitative estimate of drug-likeness (QED) is 0.642. The lowest BCUT2D eigenvalue weighted by atomic mass is 9.80. The van der Waals surface area contributed by atoms with Crippen molar-refractivity contribution in [2.24, 2.45) is 7.05 Å². The van der Waals surface area contributed by atoms with Crippen LogP contribution in [0.5, 0.6) is 0 Å². The molecule has 0 aliphatic rings. The average Bonchev–Trinajstić information content (AvgIpc) is 2.51. The van der Waals surface area contributed by atoms with Gasteiger partial charge in [0.15, 0.2) is 6.20 Å². The van der Waals surface area contributed by atoms with Crippen molar-refractivity contribution in [3.05, 3.63) is 52.2 Å². The summed E-state index contributed by atoms with van der Waals surface area (Å²) < 4.78 is 49.0. The number of aromatic nitrogens is 1. The first kappa shape index (κ1) is 11.0. The van der Waals surface area contributed by atoms with Gasteiger partial charge >= 0.3 is 0 Å². The summed E-state index contributed by atoms with van der Waals surface area (Å²) in [6.07, 6.45) is 2.10. The van der Waals surface area contributed by atoms with E-state index in [-0.39, 0.29) is 16.5 Å². The molecule has 0 spiro atoms. The Hall–Kier alpha value is -1.63.